The molecule has 0 N–H and O–H groups in total. The van der Waals surface area contributed by atoms with E-state index in [1.54, 1.807) is 31.8 Å². The number of fused-ring (bicyclic) bond motifs is 1. The van der Waals surface area contributed by atoms with Gasteiger partial charge in [0.05, 0.1) is 12.8 Å². The van der Waals surface area contributed by atoms with Crippen molar-refractivity contribution >= 4 is 23.4 Å². The highest BCUT2D eigenvalue weighted by molar-refractivity contribution is 6.05. The number of aromatic nitrogens is 1. The number of nitrogens with zero attached hydrogens (tertiary/aromatic N) is 2. The first-order valence-electron chi connectivity index (χ1n) is 8.45. The summed E-state index contributed by atoms with van der Waals surface area (Å²) < 4.78 is 18.7. The summed E-state index contributed by atoms with van der Waals surface area (Å²) in [6.07, 6.45) is 7.86. The predicted molar refractivity (Wildman–Crippen MR) is 102 cm³/mol. The highest BCUT2D eigenvalue weighted by Gasteiger charge is 2.24. The Hall–Kier alpha value is -2.79. The zero-order valence-electron chi connectivity index (χ0n) is 14.9. The van der Waals surface area contributed by atoms with Crippen molar-refractivity contribution < 1.29 is 14.0 Å². The molecule has 0 fully saturated rings. The Morgan fingerprint density at radius 3 is 2.73 bits per heavy atom. The fourth-order valence-corrected chi connectivity index (χ4v) is 3.06. The van der Waals surface area contributed by atoms with Gasteiger partial charge >= 0.3 is 0 Å². The number of pyridine rings is 1. The van der Waals surface area contributed by atoms with Gasteiger partial charge in [0.1, 0.15) is 12.4 Å². The van der Waals surface area contributed by atoms with Gasteiger partial charge in [0.2, 0.25) is 0 Å². The van der Waals surface area contributed by atoms with Crippen LogP contribution in [-0.4, -0.2) is 31.5 Å². The Kier molecular flexibility index (Phi) is 5.92. The summed E-state index contributed by atoms with van der Waals surface area (Å²) in [5, 5.41) is 3.84. The van der Waals surface area contributed by atoms with Gasteiger partial charge in [0.15, 0.2) is 0 Å². The lowest BCUT2D eigenvalue weighted by atomic mass is 10.0. The molecule has 0 saturated carbocycles. The number of allylic oxidation sites excluding steroid dienone is 2. The van der Waals surface area contributed by atoms with Crippen LogP contribution in [0.3, 0.4) is 0 Å². The van der Waals surface area contributed by atoms with Gasteiger partial charge in [-0.1, -0.05) is 11.2 Å². The Balaban J connectivity index is 1.87. The minimum absolute atomic E-state index is 0.238. The minimum atomic E-state index is -0.238. The van der Waals surface area contributed by atoms with Crippen molar-refractivity contribution in [2.75, 3.05) is 20.3 Å². The zero-order valence-corrected chi connectivity index (χ0v) is 14.9. The quantitative estimate of drug-likeness (QED) is 0.416. The summed E-state index contributed by atoms with van der Waals surface area (Å²) in [5.74, 6) is -0.238. The number of rotatable bonds is 7. The van der Waals surface area contributed by atoms with Crippen LogP contribution < -0.4 is 0 Å². The van der Waals surface area contributed by atoms with Crippen molar-refractivity contribution in [2.45, 2.75) is 13.3 Å². The number of ether oxygens (including phenoxy) is 1. The predicted octanol–water partition coefficient (Wildman–Crippen LogP) is 4.59. The summed E-state index contributed by atoms with van der Waals surface area (Å²) in [6, 6.07) is 8.84. The van der Waals surface area contributed by atoms with Crippen molar-refractivity contribution in [3.8, 4) is 0 Å². The number of hydrogen-bond donors (Lipinski definition) is 0. The second-order valence-electron chi connectivity index (χ2n) is 5.96. The molecule has 1 heterocycles. The van der Waals surface area contributed by atoms with Crippen LogP contribution in [0.5, 0.6) is 0 Å². The van der Waals surface area contributed by atoms with E-state index in [4.69, 9.17) is 9.57 Å². The van der Waals surface area contributed by atoms with Crippen LogP contribution in [0, 0.1) is 5.82 Å². The van der Waals surface area contributed by atoms with Crippen LogP contribution in [-0.2, 0) is 9.57 Å². The number of benzene rings is 1. The molecule has 0 amide bonds. The second-order valence-corrected chi connectivity index (χ2v) is 5.96. The van der Waals surface area contributed by atoms with Crippen LogP contribution in [0.2, 0.25) is 0 Å². The highest BCUT2D eigenvalue weighted by Crippen LogP contribution is 2.43. The lowest BCUT2D eigenvalue weighted by molar-refractivity contribution is 0.148. The summed E-state index contributed by atoms with van der Waals surface area (Å²) in [6.45, 7) is 2.90. The van der Waals surface area contributed by atoms with E-state index in [0.717, 1.165) is 33.4 Å². The molecular weight excluding hydrogens is 331 g/mol. The van der Waals surface area contributed by atoms with Crippen molar-refractivity contribution in [1.29, 1.82) is 0 Å². The molecule has 2 aromatic rings. The van der Waals surface area contributed by atoms with Gasteiger partial charge in [-0.3, -0.25) is 4.98 Å². The van der Waals surface area contributed by atoms with Gasteiger partial charge in [0, 0.05) is 25.9 Å². The number of methoxy groups -OCH3 is 1. The minimum Gasteiger partial charge on any atom is -0.396 e. The van der Waals surface area contributed by atoms with E-state index in [1.807, 2.05) is 18.2 Å². The molecule has 0 spiro atoms. The summed E-state index contributed by atoms with van der Waals surface area (Å²) in [5.41, 5.74) is 6.34. The third kappa shape index (κ3) is 4.06. The van der Waals surface area contributed by atoms with E-state index in [2.05, 4.69) is 23.1 Å². The van der Waals surface area contributed by atoms with E-state index >= 15 is 0 Å². The Morgan fingerprint density at radius 2 is 1.96 bits per heavy atom. The van der Waals surface area contributed by atoms with Crippen LogP contribution in [0.1, 0.15) is 30.0 Å². The fourth-order valence-electron chi connectivity index (χ4n) is 3.06. The second kappa shape index (κ2) is 8.54. The van der Waals surface area contributed by atoms with E-state index in [9.17, 15) is 4.39 Å². The maximum Gasteiger partial charge on any atom is 0.123 e. The van der Waals surface area contributed by atoms with E-state index in [-0.39, 0.29) is 5.82 Å². The van der Waals surface area contributed by atoms with E-state index in [0.29, 0.717) is 19.6 Å². The van der Waals surface area contributed by atoms with Gasteiger partial charge in [-0.2, -0.15) is 0 Å². The molecule has 0 bridgehead atoms. The summed E-state index contributed by atoms with van der Waals surface area (Å²) >= 11 is 0. The Bertz CT molecular complexity index is 858. The SMILES string of the molecule is COCC=NOCCC1=C(C)/C(=C/c2ccncc2)c2ccc(F)cc21. The first-order chi connectivity index (χ1) is 12.7. The van der Waals surface area contributed by atoms with Gasteiger partial charge in [0.25, 0.3) is 0 Å². The van der Waals surface area contributed by atoms with Gasteiger partial charge in [-0.05, 0) is 70.7 Å². The topological polar surface area (TPSA) is 43.7 Å². The van der Waals surface area contributed by atoms with Crippen molar-refractivity contribution in [2.24, 2.45) is 5.16 Å². The molecule has 1 aliphatic carbocycles. The van der Waals surface area contributed by atoms with Crippen LogP contribution in [0.25, 0.3) is 17.2 Å². The molecule has 5 heteroatoms. The molecule has 3 rings (SSSR count). The molecule has 0 atom stereocenters. The number of halogens is 1. The average Bonchev–Trinajstić information content (AvgIpc) is 2.90. The first-order valence-corrected chi connectivity index (χ1v) is 8.45. The normalized spacial score (nSPS) is 15.1. The third-order valence-corrected chi connectivity index (χ3v) is 4.30. The van der Waals surface area contributed by atoms with Crippen molar-refractivity contribution in [3.05, 3.63) is 70.8 Å². The molecule has 26 heavy (non-hydrogen) atoms. The monoisotopic (exact) mass is 352 g/mol. The maximum absolute atomic E-state index is 13.8. The van der Waals surface area contributed by atoms with Gasteiger partial charge < -0.3 is 9.57 Å². The molecule has 1 aliphatic rings. The molecule has 134 valence electrons. The lowest BCUT2D eigenvalue weighted by Crippen LogP contribution is -1.95. The zero-order chi connectivity index (χ0) is 18.4. The van der Waals surface area contributed by atoms with Gasteiger partial charge in [-0.15, -0.1) is 0 Å². The molecule has 4 nitrogen and oxygen atoms in total. The maximum atomic E-state index is 13.8. The molecule has 1 aromatic carbocycles. The average molecular weight is 352 g/mol. The molecule has 0 unspecified atom stereocenters. The van der Waals surface area contributed by atoms with Gasteiger partial charge in [-0.25, -0.2) is 4.39 Å². The van der Waals surface area contributed by atoms with Crippen molar-refractivity contribution in [1.82, 2.24) is 4.98 Å². The smallest absolute Gasteiger partial charge is 0.123 e. The standard InChI is InChI=1S/C21H21FN2O2/c1-15-18(7-11-26-24-10-12-25-2)21-14-17(22)3-4-19(21)20(15)13-16-5-8-23-9-6-16/h3-6,8-10,13-14H,7,11-12H2,1-2H3/b20-13-,24-10?. The summed E-state index contributed by atoms with van der Waals surface area (Å²) in [4.78, 5) is 9.33. The first kappa shape index (κ1) is 18.0. The number of oxime groups is 1. The Morgan fingerprint density at radius 1 is 1.15 bits per heavy atom. The molecule has 0 radical (unpaired) electrons. The van der Waals surface area contributed by atoms with Crippen molar-refractivity contribution in [3.63, 3.8) is 0 Å². The van der Waals surface area contributed by atoms with E-state index < -0.39 is 0 Å². The van der Waals surface area contributed by atoms with Crippen LogP contribution in [0.4, 0.5) is 4.39 Å². The third-order valence-electron chi connectivity index (χ3n) is 4.30. The molecule has 1 aromatic heterocycles. The Labute approximate surface area is 152 Å². The van der Waals surface area contributed by atoms with Crippen LogP contribution in [0.15, 0.2) is 53.5 Å². The molecular formula is C21H21FN2O2. The fraction of sp³-hybridized carbons (Fsp3) is 0.238. The summed E-state index contributed by atoms with van der Waals surface area (Å²) in [7, 11) is 1.60. The highest BCUT2D eigenvalue weighted by atomic mass is 19.1. The molecule has 0 aliphatic heterocycles. The van der Waals surface area contributed by atoms with E-state index in [1.165, 1.54) is 6.07 Å². The largest absolute Gasteiger partial charge is 0.396 e. The lowest BCUT2D eigenvalue weighted by Gasteiger charge is -2.05. The van der Waals surface area contributed by atoms with Crippen LogP contribution >= 0.6 is 0 Å². The molecule has 0 saturated heterocycles. The number of hydrogen-bond acceptors (Lipinski definition) is 4.